The summed E-state index contributed by atoms with van der Waals surface area (Å²) in [4.78, 5) is 36.3. The third-order valence-electron chi connectivity index (χ3n) is 4.94. The topological polar surface area (TPSA) is 96.5 Å². The maximum absolute atomic E-state index is 12.6. The number of amides is 3. The molecular weight excluding hydrogens is 370 g/mol. The summed E-state index contributed by atoms with van der Waals surface area (Å²) in [6, 6.07) is 14.5. The Kier molecular flexibility index (Phi) is 6.16. The number of hydrogen-bond donors (Lipinski definition) is 3. The van der Waals surface area contributed by atoms with Crippen LogP contribution in [0.5, 0.6) is 5.75 Å². The predicted molar refractivity (Wildman–Crippen MR) is 111 cm³/mol. The van der Waals surface area contributed by atoms with Crippen molar-refractivity contribution in [3.8, 4) is 5.75 Å². The highest BCUT2D eigenvalue weighted by Crippen LogP contribution is 2.46. The number of hydrogen-bond acceptors (Lipinski definition) is 4. The maximum Gasteiger partial charge on any atom is 0.240 e. The van der Waals surface area contributed by atoms with Crippen LogP contribution in [0.2, 0.25) is 0 Å². The lowest BCUT2D eigenvalue weighted by atomic mass is 10.0. The van der Waals surface area contributed by atoms with Crippen molar-refractivity contribution in [3.05, 3.63) is 54.1 Å². The fraction of sp³-hybridized carbons (Fsp3) is 0.318. The standard InChI is InChI=1S/C22H25N3O4/c1-15(26)24-17-5-7-18(8-6-17)25-21(28)22(12-13-22)20(27)23-14-11-16-3-9-19(29-2)10-4-16/h3-10H,11-14H2,1-2H3,(H,23,27)(H,24,26)(H,25,28). The maximum atomic E-state index is 12.6. The summed E-state index contributed by atoms with van der Waals surface area (Å²) >= 11 is 0. The normalized spacial score (nSPS) is 13.9. The average molecular weight is 395 g/mol. The van der Waals surface area contributed by atoms with Gasteiger partial charge in [0.1, 0.15) is 11.2 Å². The molecule has 0 unspecified atom stereocenters. The minimum atomic E-state index is -0.990. The summed E-state index contributed by atoms with van der Waals surface area (Å²) in [5, 5.41) is 8.35. The Balaban J connectivity index is 1.50. The third-order valence-corrected chi connectivity index (χ3v) is 4.94. The Morgan fingerprint density at radius 2 is 1.48 bits per heavy atom. The van der Waals surface area contributed by atoms with E-state index in [0.29, 0.717) is 37.2 Å². The average Bonchev–Trinajstić information content (AvgIpc) is 3.52. The van der Waals surface area contributed by atoms with Gasteiger partial charge in [-0.2, -0.15) is 0 Å². The predicted octanol–water partition coefficient (Wildman–Crippen LogP) is 2.73. The minimum absolute atomic E-state index is 0.162. The van der Waals surface area contributed by atoms with Gasteiger partial charge in [-0.05, 0) is 61.2 Å². The first-order chi connectivity index (χ1) is 13.9. The van der Waals surface area contributed by atoms with E-state index in [4.69, 9.17) is 4.74 Å². The molecule has 7 nitrogen and oxygen atoms in total. The van der Waals surface area contributed by atoms with Gasteiger partial charge in [0.15, 0.2) is 0 Å². The first-order valence-electron chi connectivity index (χ1n) is 9.53. The first-order valence-corrected chi connectivity index (χ1v) is 9.53. The monoisotopic (exact) mass is 395 g/mol. The molecule has 1 fully saturated rings. The zero-order chi connectivity index (χ0) is 20.9. The van der Waals surface area contributed by atoms with E-state index in [-0.39, 0.29) is 17.7 Å². The zero-order valence-electron chi connectivity index (χ0n) is 16.6. The van der Waals surface area contributed by atoms with E-state index < -0.39 is 5.41 Å². The highest BCUT2D eigenvalue weighted by molar-refractivity contribution is 6.13. The largest absolute Gasteiger partial charge is 0.497 e. The summed E-state index contributed by atoms with van der Waals surface area (Å²) in [5.41, 5.74) is 1.32. The van der Waals surface area contributed by atoms with Gasteiger partial charge in [-0.15, -0.1) is 0 Å². The second-order valence-corrected chi connectivity index (χ2v) is 7.15. The molecule has 0 saturated heterocycles. The fourth-order valence-electron chi connectivity index (χ4n) is 3.05. The van der Waals surface area contributed by atoms with Gasteiger partial charge in [-0.25, -0.2) is 0 Å². The number of rotatable bonds is 8. The zero-order valence-corrected chi connectivity index (χ0v) is 16.6. The first kappa shape index (κ1) is 20.4. The van der Waals surface area contributed by atoms with Gasteiger partial charge >= 0.3 is 0 Å². The van der Waals surface area contributed by atoms with Crippen molar-refractivity contribution >= 4 is 29.1 Å². The lowest BCUT2D eigenvalue weighted by Crippen LogP contribution is -2.40. The van der Waals surface area contributed by atoms with Crippen molar-refractivity contribution < 1.29 is 19.1 Å². The van der Waals surface area contributed by atoms with Gasteiger partial charge in [-0.1, -0.05) is 12.1 Å². The molecule has 1 aliphatic rings. The van der Waals surface area contributed by atoms with Gasteiger partial charge < -0.3 is 20.7 Å². The number of benzene rings is 2. The lowest BCUT2D eigenvalue weighted by Gasteiger charge is -2.16. The van der Waals surface area contributed by atoms with Crippen LogP contribution in [0.1, 0.15) is 25.3 Å². The number of methoxy groups -OCH3 is 1. The lowest BCUT2D eigenvalue weighted by molar-refractivity contribution is -0.134. The summed E-state index contributed by atoms with van der Waals surface area (Å²) < 4.78 is 5.13. The van der Waals surface area contributed by atoms with Crippen molar-refractivity contribution in [1.29, 1.82) is 0 Å². The highest BCUT2D eigenvalue weighted by atomic mass is 16.5. The molecule has 3 amide bonds. The molecule has 1 saturated carbocycles. The molecule has 152 valence electrons. The van der Waals surface area contributed by atoms with Gasteiger partial charge in [0.05, 0.1) is 7.11 Å². The van der Waals surface area contributed by atoms with E-state index in [0.717, 1.165) is 11.3 Å². The Hall–Kier alpha value is -3.35. The van der Waals surface area contributed by atoms with Crippen LogP contribution in [-0.4, -0.2) is 31.4 Å². The minimum Gasteiger partial charge on any atom is -0.497 e. The molecule has 0 heterocycles. The number of nitrogens with one attached hydrogen (secondary N) is 3. The Labute approximate surface area is 169 Å². The molecule has 0 bridgehead atoms. The van der Waals surface area contributed by atoms with E-state index in [1.165, 1.54) is 6.92 Å². The molecule has 0 atom stereocenters. The van der Waals surface area contributed by atoms with Crippen LogP contribution in [0.3, 0.4) is 0 Å². The fourth-order valence-corrected chi connectivity index (χ4v) is 3.05. The van der Waals surface area contributed by atoms with E-state index in [9.17, 15) is 14.4 Å². The van der Waals surface area contributed by atoms with Crippen molar-refractivity contribution in [1.82, 2.24) is 5.32 Å². The summed E-state index contributed by atoms with van der Waals surface area (Å²) in [6.45, 7) is 1.89. The van der Waals surface area contributed by atoms with E-state index in [1.807, 2.05) is 24.3 Å². The van der Waals surface area contributed by atoms with Gasteiger partial charge in [0.25, 0.3) is 0 Å². The van der Waals surface area contributed by atoms with Gasteiger partial charge in [0, 0.05) is 24.8 Å². The SMILES string of the molecule is COc1ccc(CCNC(=O)C2(C(=O)Nc3ccc(NC(C)=O)cc3)CC2)cc1. The molecule has 2 aromatic carbocycles. The Morgan fingerprint density at radius 3 is 2.00 bits per heavy atom. The molecule has 0 spiro atoms. The molecule has 2 aromatic rings. The second-order valence-electron chi connectivity index (χ2n) is 7.15. The van der Waals surface area contributed by atoms with Crippen molar-refractivity contribution in [2.45, 2.75) is 26.2 Å². The van der Waals surface area contributed by atoms with E-state index in [1.54, 1.807) is 31.4 Å². The molecule has 29 heavy (non-hydrogen) atoms. The van der Waals surface area contributed by atoms with Crippen LogP contribution in [0.4, 0.5) is 11.4 Å². The number of anilines is 2. The van der Waals surface area contributed by atoms with Gasteiger partial charge in [0.2, 0.25) is 17.7 Å². The molecule has 0 aliphatic heterocycles. The Morgan fingerprint density at radius 1 is 0.897 bits per heavy atom. The summed E-state index contributed by atoms with van der Waals surface area (Å²) in [6.07, 6.45) is 1.76. The van der Waals surface area contributed by atoms with Crippen molar-refractivity contribution in [2.24, 2.45) is 5.41 Å². The molecule has 7 heteroatoms. The second kappa shape index (κ2) is 8.77. The third kappa shape index (κ3) is 5.13. The van der Waals surface area contributed by atoms with E-state index >= 15 is 0 Å². The number of carbonyl (C=O) groups excluding carboxylic acids is 3. The summed E-state index contributed by atoms with van der Waals surface area (Å²) in [5.74, 6) is 0.0895. The molecule has 0 radical (unpaired) electrons. The molecule has 3 N–H and O–H groups in total. The van der Waals surface area contributed by atoms with Crippen molar-refractivity contribution in [2.75, 3.05) is 24.3 Å². The van der Waals surface area contributed by atoms with Crippen LogP contribution in [0.15, 0.2) is 48.5 Å². The van der Waals surface area contributed by atoms with Crippen LogP contribution < -0.4 is 20.7 Å². The van der Waals surface area contributed by atoms with Gasteiger partial charge in [-0.3, -0.25) is 14.4 Å². The quantitative estimate of drug-likeness (QED) is 0.599. The molecule has 0 aromatic heterocycles. The van der Waals surface area contributed by atoms with Crippen LogP contribution in [0, 0.1) is 5.41 Å². The van der Waals surface area contributed by atoms with Crippen LogP contribution in [-0.2, 0) is 20.8 Å². The van der Waals surface area contributed by atoms with Crippen LogP contribution in [0.25, 0.3) is 0 Å². The van der Waals surface area contributed by atoms with Crippen molar-refractivity contribution in [3.63, 3.8) is 0 Å². The van der Waals surface area contributed by atoms with E-state index in [2.05, 4.69) is 16.0 Å². The number of carbonyl (C=O) groups is 3. The Bertz CT molecular complexity index is 887. The van der Waals surface area contributed by atoms with Crippen LogP contribution >= 0.6 is 0 Å². The number of ether oxygens (including phenoxy) is 1. The summed E-state index contributed by atoms with van der Waals surface area (Å²) in [7, 11) is 1.62. The highest BCUT2D eigenvalue weighted by Gasteiger charge is 2.56. The molecular formula is C22H25N3O4. The molecule has 1 aliphatic carbocycles. The molecule has 3 rings (SSSR count). The smallest absolute Gasteiger partial charge is 0.240 e.